The topological polar surface area (TPSA) is 29.1 Å². The molecule has 0 radical (unpaired) electrons. The van der Waals surface area contributed by atoms with Gasteiger partial charge in [0.15, 0.2) is 0 Å². The molecule has 0 aromatic rings. The van der Waals surface area contributed by atoms with Crippen LogP contribution < -0.4 is 34.3 Å². The summed E-state index contributed by atoms with van der Waals surface area (Å²) in [6.07, 6.45) is 0.699. The molecule has 2 nitrogen and oxygen atoms in total. The summed E-state index contributed by atoms with van der Waals surface area (Å²) in [4.78, 5) is 10.1. The van der Waals surface area contributed by atoms with E-state index >= 15 is 0 Å². The van der Waals surface area contributed by atoms with Gasteiger partial charge in [0.1, 0.15) is 0 Å². The number of nitrogens with one attached hydrogen (secondary N) is 1. The van der Waals surface area contributed by atoms with E-state index in [2.05, 4.69) is 4.72 Å². The first-order valence-electron chi connectivity index (χ1n) is 1.80. The van der Waals surface area contributed by atoms with E-state index in [4.69, 9.17) is 0 Å². The molecule has 4 heteroatoms. The largest absolute Gasteiger partial charge is 1.00 e. The molecule has 0 spiro atoms. The Bertz CT molecular complexity index is 73.7. The summed E-state index contributed by atoms with van der Waals surface area (Å²) in [5.74, 6) is 1.11. The zero-order valence-corrected chi connectivity index (χ0v) is 7.05. The molecule has 1 amide bonds. The quantitative estimate of drug-likeness (QED) is 0.283. The average molecular weight is 127 g/mol. The fourth-order valence-electron chi connectivity index (χ4n) is 0.326. The Labute approximate surface area is 70.3 Å². The molecule has 1 N–H and O–H groups in total. The van der Waals surface area contributed by atoms with Gasteiger partial charge in [-0.25, -0.2) is 0 Å². The van der Waals surface area contributed by atoms with Crippen LogP contribution in [0.3, 0.4) is 0 Å². The summed E-state index contributed by atoms with van der Waals surface area (Å²) in [6, 6.07) is 0. The smallest absolute Gasteiger partial charge is 1.00 e. The van der Waals surface area contributed by atoms with Crippen LogP contribution in [0.1, 0.15) is 7.85 Å². The number of carbonyl (C=O) groups is 1. The van der Waals surface area contributed by atoms with Gasteiger partial charge in [0.05, 0.1) is 0 Å². The van der Waals surface area contributed by atoms with Crippen molar-refractivity contribution in [3.05, 3.63) is 0 Å². The Morgan fingerprint density at radius 3 is 2.71 bits per heavy atom. The molecule has 0 atom stereocenters. The molecule has 1 rings (SSSR count). The van der Waals surface area contributed by atoms with E-state index in [1.807, 2.05) is 0 Å². The third-order valence-corrected chi connectivity index (χ3v) is 1.40. The summed E-state index contributed by atoms with van der Waals surface area (Å²) in [6.45, 7) is 0. The van der Waals surface area contributed by atoms with Crippen molar-refractivity contribution in [2.75, 3.05) is 5.75 Å². The fraction of sp³-hybridized carbons (Fsp3) is 0.667. The molecule has 1 aliphatic rings. The van der Waals surface area contributed by atoms with Gasteiger partial charge < -0.3 is 6.15 Å². The van der Waals surface area contributed by atoms with E-state index in [-0.39, 0.29) is 36.9 Å². The Hall–Kier alpha value is 0.820. The normalized spacial score (nSPS) is 18.0. The standard InChI is InChI=1S/C3H5NOS.Na.H/c5-3-1-2-6-4-3;;/h1-2H2,(H,4,5);;/q;+1;-1. The first-order valence-corrected chi connectivity index (χ1v) is 2.79. The number of rotatable bonds is 0. The Kier molecular flexibility index (Phi) is 4.22. The zero-order valence-electron chi connectivity index (χ0n) is 5.23. The van der Waals surface area contributed by atoms with Crippen molar-refractivity contribution in [2.24, 2.45) is 0 Å². The molecule has 0 saturated carbocycles. The summed E-state index contributed by atoms with van der Waals surface area (Å²) < 4.78 is 2.60. The zero-order chi connectivity index (χ0) is 4.41. The van der Waals surface area contributed by atoms with Crippen LogP contribution in [0.25, 0.3) is 0 Å². The molecule has 0 unspecified atom stereocenters. The SMILES string of the molecule is O=C1CCSN1.[H-].[Na+]. The third-order valence-electron chi connectivity index (χ3n) is 0.617. The van der Waals surface area contributed by atoms with Crippen molar-refractivity contribution in [1.29, 1.82) is 0 Å². The van der Waals surface area contributed by atoms with Crippen LogP contribution in [0.15, 0.2) is 0 Å². The maximum atomic E-state index is 10.1. The second kappa shape index (κ2) is 3.78. The van der Waals surface area contributed by atoms with Crippen LogP contribution in [-0.4, -0.2) is 11.7 Å². The minimum Gasteiger partial charge on any atom is -1.00 e. The second-order valence-electron chi connectivity index (χ2n) is 1.12. The Morgan fingerprint density at radius 1 is 1.86 bits per heavy atom. The van der Waals surface area contributed by atoms with Gasteiger partial charge in [-0.1, -0.05) is 0 Å². The molecule has 1 saturated heterocycles. The number of amides is 1. The van der Waals surface area contributed by atoms with Crippen LogP contribution in [0.2, 0.25) is 0 Å². The Balaban J connectivity index is 0. The van der Waals surface area contributed by atoms with E-state index in [1.54, 1.807) is 0 Å². The van der Waals surface area contributed by atoms with Crippen molar-refractivity contribution < 1.29 is 35.8 Å². The first kappa shape index (κ1) is 7.82. The molecule has 7 heavy (non-hydrogen) atoms. The summed E-state index contributed by atoms with van der Waals surface area (Å²) in [5.41, 5.74) is 0. The predicted molar refractivity (Wildman–Crippen MR) is 26.3 cm³/mol. The molecule has 1 aliphatic heterocycles. The van der Waals surface area contributed by atoms with E-state index < -0.39 is 0 Å². The van der Waals surface area contributed by atoms with Crippen molar-refractivity contribution in [2.45, 2.75) is 6.42 Å². The minimum atomic E-state index is 0. The van der Waals surface area contributed by atoms with E-state index in [1.165, 1.54) is 11.9 Å². The molecule has 36 valence electrons. The van der Waals surface area contributed by atoms with Crippen LogP contribution in [0.5, 0.6) is 0 Å². The predicted octanol–water partition coefficient (Wildman–Crippen LogP) is -2.73. The van der Waals surface area contributed by atoms with Gasteiger partial charge in [-0.05, 0) is 11.9 Å². The van der Waals surface area contributed by atoms with Gasteiger partial charge in [-0.3, -0.25) is 4.79 Å². The summed E-state index contributed by atoms with van der Waals surface area (Å²) >= 11 is 1.48. The maximum Gasteiger partial charge on any atom is 1.00 e. The molecule has 0 bridgehead atoms. The van der Waals surface area contributed by atoms with Crippen molar-refractivity contribution in [3.8, 4) is 0 Å². The minimum absolute atomic E-state index is 0. The number of carbonyl (C=O) groups excluding carboxylic acids is 1. The molecular formula is C3H6NNaOS. The Morgan fingerprint density at radius 2 is 2.57 bits per heavy atom. The maximum absolute atomic E-state index is 10.1. The van der Waals surface area contributed by atoms with Crippen molar-refractivity contribution >= 4 is 17.9 Å². The van der Waals surface area contributed by atoms with E-state index in [0.29, 0.717) is 6.42 Å². The number of hydrogen-bond acceptors (Lipinski definition) is 2. The van der Waals surface area contributed by atoms with Gasteiger partial charge in [0, 0.05) is 12.2 Å². The van der Waals surface area contributed by atoms with Crippen LogP contribution in [0, 0.1) is 0 Å². The van der Waals surface area contributed by atoms with Crippen LogP contribution >= 0.6 is 11.9 Å². The van der Waals surface area contributed by atoms with Gasteiger partial charge in [0.25, 0.3) is 0 Å². The van der Waals surface area contributed by atoms with Gasteiger partial charge >= 0.3 is 29.6 Å². The van der Waals surface area contributed by atoms with Crippen LogP contribution in [-0.2, 0) is 4.79 Å². The van der Waals surface area contributed by atoms with Gasteiger partial charge in [0.2, 0.25) is 5.91 Å². The van der Waals surface area contributed by atoms with Gasteiger partial charge in [-0.15, -0.1) is 0 Å². The number of hydrogen-bond donors (Lipinski definition) is 1. The third kappa shape index (κ3) is 2.59. The molecule has 0 aliphatic carbocycles. The van der Waals surface area contributed by atoms with Crippen LogP contribution in [0.4, 0.5) is 0 Å². The fourth-order valence-corrected chi connectivity index (χ4v) is 0.979. The first-order chi connectivity index (χ1) is 2.89. The van der Waals surface area contributed by atoms with Crippen molar-refractivity contribution in [3.63, 3.8) is 0 Å². The molecular weight excluding hydrogens is 121 g/mol. The van der Waals surface area contributed by atoms with E-state index in [0.717, 1.165) is 5.75 Å². The van der Waals surface area contributed by atoms with Crippen molar-refractivity contribution in [1.82, 2.24) is 4.72 Å². The molecule has 1 heterocycles. The second-order valence-corrected chi connectivity index (χ2v) is 2.02. The van der Waals surface area contributed by atoms with E-state index in [9.17, 15) is 4.79 Å². The molecule has 0 aromatic heterocycles. The average Bonchev–Trinajstić information content (AvgIpc) is 1.86. The summed E-state index contributed by atoms with van der Waals surface area (Å²) in [7, 11) is 0. The molecule has 1 fully saturated rings. The summed E-state index contributed by atoms with van der Waals surface area (Å²) in [5, 5.41) is 0. The monoisotopic (exact) mass is 127 g/mol. The molecule has 0 aromatic carbocycles. The van der Waals surface area contributed by atoms with Gasteiger partial charge in [-0.2, -0.15) is 0 Å².